The molecule has 0 spiro atoms. The van der Waals surface area contributed by atoms with E-state index >= 15 is 0 Å². The number of hydrogen-bond donors (Lipinski definition) is 1. The number of piperidine rings is 1. The highest BCUT2D eigenvalue weighted by molar-refractivity contribution is 6.04. The second-order valence-corrected chi connectivity index (χ2v) is 14.8. The zero-order valence-electron chi connectivity index (χ0n) is 29.1. The van der Waals surface area contributed by atoms with E-state index in [4.69, 9.17) is 18.9 Å². The average Bonchev–Trinajstić information content (AvgIpc) is 3.95. The van der Waals surface area contributed by atoms with Crippen molar-refractivity contribution in [3.8, 4) is 5.75 Å². The lowest BCUT2D eigenvalue weighted by atomic mass is 9.87. The molecule has 12 nitrogen and oxygen atoms in total. The van der Waals surface area contributed by atoms with Gasteiger partial charge in [0.1, 0.15) is 11.4 Å². The molecule has 0 aromatic heterocycles. The second kappa shape index (κ2) is 13.6. The number of amides is 4. The lowest BCUT2D eigenvalue weighted by Crippen LogP contribution is -2.55. The van der Waals surface area contributed by atoms with Crippen molar-refractivity contribution in [1.29, 1.82) is 0 Å². The predicted molar refractivity (Wildman–Crippen MR) is 177 cm³/mol. The van der Waals surface area contributed by atoms with Crippen LogP contribution >= 0.6 is 0 Å². The number of fused-ring (bicyclic) bond motifs is 1. The molecule has 2 aliphatic heterocycles. The summed E-state index contributed by atoms with van der Waals surface area (Å²) in [5.41, 5.74) is -0.918. The summed E-state index contributed by atoms with van der Waals surface area (Å²) in [6.07, 6.45) is 3.11. The average molecular weight is 657 g/mol. The van der Waals surface area contributed by atoms with Crippen LogP contribution in [-0.4, -0.2) is 97.6 Å². The number of nitrogens with one attached hydrogen (secondary N) is 1. The zero-order chi connectivity index (χ0) is 34.1. The van der Waals surface area contributed by atoms with Gasteiger partial charge in [0, 0.05) is 44.6 Å². The second-order valence-electron chi connectivity index (χ2n) is 14.8. The molecule has 5 rings (SSSR count). The highest BCUT2D eigenvalue weighted by Gasteiger charge is 2.48. The number of carbonyl (C=O) groups is 4. The van der Waals surface area contributed by atoms with Gasteiger partial charge in [-0.15, -0.1) is 0 Å². The van der Waals surface area contributed by atoms with Crippen molar-refractivity contribution < 1.29 is 38.1 Å². The van der Waals surface area contributed by atoms with E-state index in [1.807, 2.05) is 32.0 Å². The van der Waals surface area contributed by atoms with Gasteiger partial charge in [0.25, 0.3) is 5.91 Å². The summed E-state index contributed by atoms with van der Waals surface area (Å²) in [6, 6.07) is 5.49. The van der Waals surface area contributed by atoms with Crippen molar-refractivity contribution in [1.82, 2.24) is 10.2 Å². The number of benzene rings is 1. The van der Waals surface area contributed by atoms with Crippen LogP contribution in [0.4, 0.5) is 16.2 Å². The minimum Gasteiger partial charge on any atom is -0.476 e. The fourth-order valence-corrected chi connectivity index (χ4v) is 6.34. The molecule has 4 amide bonds. The quantitative estimate of drug-likeness (QED) is 0.331. The first-order valence-electron chi connectivity index (χ1n) is 17.1. The van der Waals surface area contributed by atoms with Gasteiger partial charge in [0.2, 0.25) is 11.8 Å². The highest BCUT2D eigenvalue weighted by Crippen LogP contribution is 2.43. The largest absolute Gasteiger partial charge is 0.476 e. The van der Waals surface area contributed by atoms with Crippen LogP contribution in [0.5, 0.6) is 5.75 Å². The van der Waals surface area contributed by atoms with Crippen LogP contribution in [-0.2, 0) is 28.6 Å². The summed E-state index contributed by atoms with van der Waals surface area (Å²) in [5.74, 6) is -1.17. The normalized spacial score (nSPS) is 23.0. The molecule has 0 radical (unpaired) electrons. The third kappa shape index (κ3) is 8.20. The fraction of sp³-hybridized carbons (Fsp3) is 0.714. The molecule has 2 heterocycles. The van der Waals surface area contributed by atoms with E-state index in [9.17, 15) is 19.2 Å². The van der Waals surface area contributed by atoms with Gasteiger partial charge in [-0.3, -0.25) is 14.4 Å². The Morgan fingerprint density at radius 2 is 1.72 bits per heavy atom. The Morgan fingerprint density at radius 3 is 2.34 bits per heavy atom. The van der Waals surface area contributed by atoms with Crippen LogP contribution in [0.15, 0.2) is 18.2 Å². The van der Waals surface area contributed by atoms with Crippen LogP contribution in [0, 0.1) is 11.8 Å². The van der Waals surface area contributed by atoms with Crippen LogP contribution in [0.25, 0.3) is 0 Å². The van der Waals surface area contributed by atoms with Gasteiger partial charge in [-0.1, -0.05) is 0 Å². The van der Waals surface area contributed by atoms with Crippen molar-refractivity contribution in [3.63, 3.8) is 0 Å². The molecule has 1 aromatic rings. The number of nitrogens with zero attached hydrogens (tertiary/aromatic N) is 3. The lowest BCUT2D eigenvalue weighted by Gasteiger charge is -2.40. The maximum Gasteiger partial charge on any atom is 0.410 e. The van der Waals surface area contributed by atoms with Gasteiger partial charge in [0.15, 0.2) is 5.60 Å². The predicted octanol–water partition coefficient (Wildman–Crippen LogP) is 4.28. The fourth-order valence-electron chi connectivity index (χ4n) is 6.34. The number of rotatable bonds is 12. The summed E-state index contributed by atoms with van der Waals surface area (Å²) < 4.78 is 23.0. The molecule has 2 aliphatic carbocycles. The first-order valence-corrected chi connectivity index (χ1v) is 17.1. The van der Waals surface area contributed by atoms with E-state index in [0.717, 1.165) is 25.7 Å². The van der Waals surface area contributed by atoms with Gasteiger partial charge >= 0.3 is 6.09 Å². The van der Waals surface area contributed by atoms with E-state index < -0.39 is 29.1 Å². The Balaban J connectivity index is 1.42. The molecular weight excluding hydrogens is 604 g/mol. The van der Waals surface area contributed by atoms with E-state index in [1.165, 1.54) is 4.90 Å². The molecule has 1 N–H and O–H groups in total. The molecule has 0 bridgehead atoms. The number of ether oxygens (including phenoxy) is 4. The van der Waals surface area contributed by atoms with Crippen molar-refractivity contribution in [2.24, 2.45) is 11.8 Å². The number of likely N-dealkylation sites (tertiary alicyclic amines) is 1. The molecule has 2 atom stereocenters. The SMILES string of the molecule is CCOCCN1C(=O)C(C)(C)Oc2ccc(N(C(=O)C3CC(C(=O)NC4(COCC)CC4)CN(C(=O)OC(C)(C)C)C3)C3CC3)cc21. The van der Waals surface area contributed by atoms with Gasteiger partial charge < -0.3 is 39.0 Å². The molecule has 2 saturated carbocycles. The molecule has 1 aromatic carbocycles. The van der Waals surface area contributed by atoms with Crippen molar-refractivity contribution in [2.75, 3.05) is 55.9 Å². The molecule has 3 fully saturated rings. The van der Waals surface area contributed by atoms with Gasteiger partial charge in [-0.05, 0) is 98.8 Å². The minimum absolute atomic E-state index is 0.0146. The molecular formula is C35H52N4O8. The van der Waals surface area contributed by atoms with Crippen LogP contribution in [0.3, 0.4) is 0 Å². The molecule has 1 saturated heterocycles. The third-order valence-electron chi connectivity index (χ3n) is 9.10. The molecule has 260 valence electrons. The molecule has 2 unspecified atom stereocenters. The smallest absolute Gasteiger partial charge is 0.410 e. The summed E-state index contributed by atoms with van der Waals surface area (Å²) >= 11 is 0. The molecule has 47 heavy (non-hydrogen) atoms. The number of carbonyl (C=O) groups excluding carboxylic acids is 4. The maximum absolute atomic E-state index is 14.5. The molecule has 12 heteroatoms. The standard InChI is InChI=1S/C35H52N4O8/c1-8-44-17-16-38-27-19-26(12-13-28(27)46-34(6,7)31(38)42)39(25-10-11-25)30(41)24-18-23(20-37(21-24)32(43)47-33(3,4)5)29(40)36-35(14-15-35)22-45-9-2/h12-13,19,23-25H,8-11,14-18,20-22H2,1-7H3,(H,36,40). The summed E-state index contributed by atoms with van der Waals surface area (Å²) in [7, 11) is 0. The Hall–Kier alpha value is -3.38. The number of anilines is 2. The Bertz CT molecular complexity index is 1350. The van der Waals surface area contributed by atoms with Crippen molar-refractivity contribution >= 4 is 35.2 Å². The topological polar surface area (TPSA) is 127 Å². The van der Waals surface area contributed by atoms with Crippen LogP contribution in [0.1, 0.15) is 80.6 Å². The monoisotopic (exact) mass is 656 g/mol. The van der Waals surface area contributed by atoms with E-state index in [-0.39, 0.29) is 42.4 Å². The summed E-state index contributed by atoms with van der Waals surface area (Å²) in [4.78, 5) is 60.0. The highest BCUT2D eigenvalue weighted by atomic mass is 16.6. The minimum atomic E-state index is -1.04. The van der Waals surface area contributed by atoms with E-state index in [2.05, 4.69) is 5.32 Å². The van der Waals surface area contributed by atoms with Crippen molar-refractivity contribution in [3.05, 3.63) is 18.2 Å². The summed E-state index contributed by atoms with van der Waals surface area (Å²) in [6.45, 7) is 15.3. The first kappa shape index (κ1) is 34.9. The van der Waals surface area contributed by atoms with E-state index in [0.29, 0.717) is 56.5 Å². The zero-order valence-corrected chi connectivity index (χ0v) is 29.1. The maximum atomic E-state index is 14.5. The summed E-state index contributed by atoms with van der Waals surface area (Å²) in [5, 5.41) is 3.18. The third-order valence-corrected chi connectivity index (χ3v) is 9.10. The van der Waals surface area contributed by atoms with Crippen molar-refractivity contribution in [2.45, 2.75) is 103 Å². The Kier molecular flexibility index (Phi) is 10.1. The Morgan fingerprint density at radius 1 is 1.04 bits per heavy atom. The Labute approximate surface area is 278 Å². The number of hydrogen-bond acceptors (Lipinski definition) is 8. The van der Waals surface area contributed by atoms with Gasteiger partial charge in [-0.2, -0.15) is 0 Å². The van der Waals surface area contributed by atoms with Gasteiger partial charge in [-0.25, -0.2) is 4.79 Å². The van der Waals surface area contributed by atoms with Gasteiger partial charge in [0.05, 0.1) is 36.3 Å². The lowest BCUT2D eigenvalue weighted by molar-refractivity contribution is -0.133. The van der Waals surface area contributed by atoms with E-state index in [1.54, 1.807) is 44.4 Å². The van der Waals surface area contributed by atoms with Crippen LogP contribution < -0.4 is 19.9 Å². The van der Waals surface area contributed by atoms with Crippen LogP contribution in [0.2, 0.25) is 0 Å². The molecule has 4 aliphatic rings. The first-order chi connectivity index (χ1) is 22.2.